The van der Waals surface area contributed by atoms with Gasteiger partial charge < -0.3 is 20.6 Å². The van der Waals surface area contributed by atoms with E-state index in [4.69, 9.17) is 0 Å². The SMILES string of the molecule is CNCCNCC1(O)CCCN(Cc2ccc(C(C)C)cc2)C1=O. The standard InChI is InChI=1S/C19H31N3O2/c1-15(2)17-7-5-16(6-8-17)13-22-12-4-9-19(24,18(22)23)14-21-11-10-20-3/h5-8,15,20-21,24H,4,9-14H2,1-3H3. The Morgan fingerprint density at radius 2 is 1.96 bits per heavy atom. The lowest BCUT2D eigenvalue weighted by molar-refractivity contribution is -0.157. The van der Waals surface area contributed by atoms with Crippen molar-refractivity contribution in [3.8, 4) is 0 Å². The molecule has 0 aliphatic carbocycles. The fourth-order valence-electron chi connectivity index (χ4n) is 3.12. The Morgan fingerprint density at radius 3 is 2.58 bits per heavy atom. The predicted molar refractivity (Wildman–Crippen MR) is 96.9 cm³/mol. The van der Waals surface area contributed by atoms with Crippen LogP contribution in [0.25, 0.3) is 0 Å². The summed E-state index contributed by atoms with van der Waals surface area (Å²) in [5.74, 6) is 0.350. The van der Waals surface area contributed by atoms with Crippen LogP contribution in [0.4, 0.5) is 0 Å². The summed E-state index contributed by atoms with van der Waals surface area (Å²) in [6.07, 6.45) is 1.36. The summed E-state index contributed by atoms with van der Waals surface area (Å²) < 4.78 is 0. The van der Waals surface area contributed by atoms with Crippen LogP contribution in [0.15, 0.2) is 24.3 Å². The molecule has 5 heteroatoms. The molecule has 1 aromatic rings. The van der Waals surface area contributed by atoms with Crippen LogP contribution in [0.1, 0.15) is 43.7 Å². The van der Waals surface area contributed by atoms with Crippen LogP contribution >= 0.6 is 0 Å². The maximum absolute atomic E-state index is 12.7. The van der Waals surface area contributed by atoms with Gasteiger partial charge in [0.15, 0.2) is 5.60 Å². The molecule has 5 nitrogen and oxygen atoms in total. The molecule has 1 saturated heterocycles. The summed E-state index contributed by atoms with van der Waals surface area (Å²) in [6, 6.07) is 8.42. The highest BCUT2D eigenvalue weighted by Gasteiger charge is 2.41. The number of hydrogen-bond acceptors (Lipinski definition) is 4. The highest BCUT2D eigenvalue weighted by atomic mass is 16.3. The number of nitrogens with one attached hydrogen (secondary N) is 2. The number of likely N-dealkylation sites (tertiary alicyclic amines) is 1. The zero-order valence-electron chi connectivity index (χ0n) is 15.1. The lowest BCUT2D eigenvalue weighted by Crippen LogP contribution is -2.58. The number of nitrogens with zero attached hydrogens (tertiary/aromatic N) is 1. The molecule has 0 spiro atoms. The Bertz CT molecular complexity index is 530. The van der Waals surface area contributed by atoms with Gasteiger partial charge in [-0.1, -0.05) is 38.1 Å². The van der Waals surface area contributed by atoms with Gasteiger partial charge in [-0.25, -0.2) is 0 Å². The molecule has 1 heterocycles. The van der Waals surface area contributed by atoms with Gasteiger partial charge in [0.05, 0.1) is 0 Å². The van der Waals surface area contributed by atoms with Gasteiger partial charge >= 0.3 is 0 Å². The molecule has 3 N–H and O–H groups in total. The van der Waals surface area contributed by atoms with E-state index in [1.165, 1.54) is 5.56 Å². The van der Waals surface area contributed by atoms with Crippen LogP contribution in [0.5, 0.6) is 0 Å². The Hall–Kier alpha value is -1.43. The minimum absolute atomic E-state index is 0.154. The van der Waals surface area contributed by atoms with Gasteiger partial charge in [0, 0.05) is 32.7 Å². The topological polar surface area (TPSA) is 64.6 Å². The van der Waals surface area contributed by atoms with Gasteiger partial charge in [-0.05, 0) is 36.9 Å². The van der Waals surface area contributed by atoms with Crippen LogP contribution < -0.4 is 10.6 Å². The Morgan fingerprint density at radius 1 is 1.25 bits per heavy atom. The lowest BCUT2D eigenvalue weighted by Gasteiger charge is -2.38. The number of carbonyl (C=O) groups is 1. The van der Waals surface area contributed by atoms with E-state index >= 15 is 0 Å². The van der Waals surface area contributed by atoms with Crippen molar-refractivity contribution in [1.29, 1.82) is 0 Å². The van der Waals surface area contributed by atoms with E-state index in [1.54, 1.807) is 4.90 Å². The summed E-state index contributed by atoms with van der Waals surface area (Å²) in [6.45, 7) is 7.49. The molecular weight excluding hydrogens is 302 g/mol. The summed E-state index contributed by atoms with van der Waals surface area (Å²) in [7, 11) is 1.88. The summed E-state index contributed by atoms with van der Waals surface area (Å²) >= 11 is 0. The van der Waals surface area contributed by atoms with Crippen molar-refractivity contribution in [2.24, 2.45) is 0 Å². The largest absolute Gasteiger partial charge is 0.379 e. The first-order chi connectivity index (χ1) is 11.5. The number of benzene rings is 1. The van der Waals surface area contributed by atoms with Gasteiger partial charge in [0.1, 0.15) is 0 Å². The second kappa shape index (κ2) is 8.60. The summed E-state index contributed by atoms with van der Waals surface area (Å²) in [5, 5.41) is 16.9. The third-order valence-electron chi connectivity index (χ3n) is 4.69. The Labute approximate surface area is 145 Å². The van der Waals surface area contributed by atoms with Gasteiger partial charge in [-0.15, -0.1) is 0 Å². The number of amides is 1. The Balaban J connectivity index is 1.96. The molecule has 1 aliphatic heterocycles. The molecule has 1 unspecified atom stereocenters. The third-order valence-corrected chi connectivity index (χ3v) is 4.69. The van der Waals surface area contributed by atoms with E-state index in [1.807, 2.05) is 7.05 Å². The van der Waals surface area contributed by atoms with Crippen molar-refractivity contribution in [1.82, 2.24) is 15.5 Å². The molecule has 1 amide bonds. The normalized spacial score (nSPS) is 21.5. The first kappa shape index (κ1) is 18.9. The zero-order chi connectivity index (χ0) is 17.6. The molecule has 1 aromatic carbocycles. The van der Waals surface area contributed by atoms with Gasteiger partial charge in [-0.3, -0.25) is 4.79 Å². The zero-order valence-corrected chi connectivity index (χ0v) is 15.1. The van der Waals surface area contributed by atoms with E-state index in [2.05, 4.69) is 48.7 Å². The number of hydrogen-bond donors (Lipinski definition) is 3. The quantitative estimate of drug-likeness (QED) is 0.631. The molecule has 0 radical (unpaired) electrons. The molecular formula is C19H31N3O2. The van der Waals surface area contributed by atoms with Crippen molar-refractivity contribution >= 4 is 5.91 Å². The van der Waals surface area contributed by atoms with Crippen molar-refractivity contribution in [2.45, 2.75) is 44.8 Å². The van der Waals surface area contributed by atoms with Crippen LogP contribution in [0.3, 0.4) is 0 Å². The van der Waals surface area contributed by atoms with Crippen LogP contribution in [0, 0.1) is 0 Å². The molecule has 1 fully saturated rings. The molecule has 2 rings (SSSR count). The van der Waals surface area contributed by atoms with E-state index in [9.17, 15) is 9.90 Å². The van der Waals surface area contributed by atoms with Crippen molar-refractivity contribution in [2.75, 3.05) is 33.2 Å². The van der Waals surface area contributed by atoms with E-state index in [-0.39, 0.29) is 5.91 Å². The lowest BCUT2D eigenvalue weighted by atomic mass is 9.91. The van der Waals surface area contributed by atoms with Crippen molar-refractivity contribution in [3.05, 3.63) is 35.4 Å². The number of piperidine rings is 1. The number of likely N-dealkylation sites (N-methyl/N-ethyl adjacent to an activating group) is 1. The second-order valence-corrected chi connectivity index (χ2v) is 7.04. The molecule has 0 bridgehead atoms. The fraction of sp³-hybridized carbons (Fsp3) is 0.632. The Kier molecular flexibility index (Phi) is 6.78. The van der Waals surface area contributed by atoms with Crippen molar-refractivity contribution in [3.63, 3.8) is 0 Å². The smallest absolute Gasteiger partial charge is 0.256 e. The fourth-order valence-corrected chi connectivity index (χ4v) is 3.12. The second-order valence-electron chi connectivity index (χ2n) is 7.04. The van der Waals surface area contributed by atoms with Crippen LogP contribution in [0.2, 0.25) is 0 Å². The average Bonchev–Trinajstić information content (AvgIpc) is 2.57. The predicted octanol–water partition coefficient (Wildman–Crippen LogP) is 1.47. The molecule has 24 heavy (non-hydrogen) atoms. The van der Waals surface area contributed by atoms with Crippen molar-refractivity contribution < 1.29 is 9.90 Å². The monoisotopic (exact) mass is 333 g/mol. The molecule has 134 valence electrons. The maximum Gasteiger partial charge on any atom is 0.256 e. The summed E-state index contributed by atoms with van der Waals surface area (Å²) in [5.41, 5.74) is 1.14. The van der Waals surface area contributed by atoms with Gasteiger partial charge in [-0.2, -0.15) is 0 Å². The van der Waals surface area contributed by atoms with E-state index < -0.39 is 5.60 Å². The molecule has 1 atom stereocenters. The third kappa shape index (κ3) is 4.79. The van der Waals surface area contributed by atoms with Gasteiger partial charge in [0.2, 0.25) is 0 Å². The highest BCUT2D eigenvalue weighted by molar-refractivity contribution is 5.86. The van der Waals surface area contributed by atoms with Crippen LogP contribution in [-0.2, 0) is 11.3 Å². The van der Waals surface area contributed by atoms with Crippen LogP contribution in [-0.4, -0.2) is 54.7 Å². The number of carbonyl (C=O) groups excluding carboxylic acids is 1. The first-order valence-corrected chi connectivity index (χ1v) is 8.92. The van der Waals surface area contributed by atoms with E-state index in [0.717, 1.165) is 25.1 Å². The number of rotatable bonds is 8. The average molecular weight is 333 g/mol. The molecule has 1 aliphatic rings. The number of aliphatic hydroxyl groups is 1. The minimum Gasteiger partial charge on any atom is -0.379 e. The van der Waals surface area contributed by atoms with Gasteiger partial charge in [0.25, 0.3) is 5.91 Å². The summed E-state index contributed by atoms with van der Waals surface area (Å²) in [4.78, 5) is 14.5. The maximum atomic E-state index is 12.7. The van der Waals surface area contributed by atoms with E-state index in [0.29, 0.717) is 32.0 Å². The highest BCUT2D eigenvalue weighted by Crippen LogP contribution is 2.24. The molecule has 0 aromatic heterocycles. The first-order valence-electron chi connectivity index (χ1n) is 8.92. The minimum atomic E-state index is -1.27. The molecule has 0 saturated carbocycles.